The van der Waals surface area contributed by atoms with E-state index in [1.165, 1.54) is 4.57 Å². The van der Waals surface area contributed by atoms with Crippen LogP contribution in [0.15, 0.2) is 30.3 Å². The Bertz CT molecular complexity index is 1420. The zero-order chi connectivity index (χ0) is 31.8. The Hall–Kier alpha value is -3.91. The van der Waals surface area contributed by atoms with Gasteiger partial charge in [-0.3, -0.25) is 19.1 Å². The summed E-state index contributed by atoms with van der Waals surface area (Å²) in [4.78, 5) is 42.1. The number of benzene rings is 1. The topological polar surface area (TPSA) is 124 Å². The molecule has 0 spiro atoms. The number of esters is 2. The van der Waals surface area contributed by atoms with Gasteiger partial charge in [-0.15, -0.1) is 0 Å². The number of aromatic nitrogens is 4. The zero-order valence-electron chi connectivity index (χ0n) is 25.8. The molecule has 0 unspecified atom stereocenters. The van der Waals surface area contributed by atoms with Crippen molar-refractivity contribution in [3.63, 3.8) is 0 Å². The number of nitrogens with one attached hydrogen (secondary N) is 1. The van der Waals surface area contributed by atoms with Crippen molar-refractivity contribution in [3.8, 4) is 5.82 Å². The molecule has 0 radical (unpaired) electrons. The van der Waals surface area contributed by atoms with E-state index >= 15 is 0 Å². The number of halogens is 2. The van der Waals surface area contributed by atoms with Gasteiger partial charge in [0, 0.05) is 31.7 Å². The van der Waals surface area contributed by atoms with Crippen LogP contribution in [-0.2, 0) is 23.8 Å². The molecule has 2 aromatic heterocycles. The van der Waals surface area contributed by atoms with Gasteiger partial charge >= 0.3 is 11.9 Å². The molecule has 2 aliphatic rings. The number of imidazole rings is 1. The second-order valence-corrected chi connectivity index (χ2v) is 11.2. The van der Waals surface area contributed by atoms with Crippen molar-refractivity contribution >= 4 is 34.7 Å². The van der Waals surface area contributed by atoms with Crippen LogP contribution in [0.2, 0.25) is 0 Å². The molecule has 1 aliphatic carbocycles. The average Bonchev–Trinajstić information content (AvgIpc) is 3.45. The quantitative estimate of drug-likeness (QED) is 0.276. The molecule has 5 rings (SSSR count). The summed E-state index contributed by atoms with van der Waals surface area (Å²) in [6, 6.07) is 8.79. The summed E-state index contributed by atoms with van der Waals surface area (Å²) in [7, 11) is 0. The van der Waals surface area contributed by atoms with E-state index in [0.29, 0.717) is 61.5 Å². The minimum absolute atomic E-state index is 0.0364. The van der Waals surface area contributed by atoms with E-state index in [1.807, 2.05) is 4.90 Å². The Labute approximate surface area is 261 Å². The van der Waals surface area contributed by atoms with Gasteiger partial charge in [-0.25, -0.2) is 13.8 Å². The molecule has 0 bridgehead atoms. The summed E-state index contributed by atoms with van der Waals surface area (Å²) < 4.78 is 45.5. The SMILES string of the molecule is CCOC(=O)CN(CC(=O)OCC)C1CCC(CNc2nc(N3CCOCC3)cc(-n3c(C(F)F)nc4ccccc43)n2)CC1. The average molecular weight is 630 g/mol. The van der Waals surface area contributed by atoms with Crippen molar-refractivity contribution < 1.29 is 32.6 Å². The minimum atomic E-state index is -2.79. The molecule has 1 aliphatic heterocycles. The first-order valence-corrected chi connectivity index (χ1v) is 15.6. The van der Waals surface area contributed by atoms with Crippen LogP contribution in [-0.4, -0.2) is 102 Å². The maximum Gasteiger partial charge on any atom is 0.320 e. The molecule has 14 heteroatoms. The first-order chi connectivity index (χ1) is 21.9. The fourth-order valence-electron chi connectivity index (χ4n) is 6.01. The first kappa shape index (κ1) is 32.5. The number of nitrogens with zero attached hydrogens (tertiary/aromatic N) is 6. The maximum absolute atomic E-state index is 14.2. The highest BCUT2D eigenvalue weighted by Gasteiger charge is 2.30. The second kappa shape index (κ2) is 15.4. The Balaban J connectivity index is 1.31. The molecule has 1 aromatic carbocycles. The van der Waals surface area contributed by atoms with Crippen molar-refractivity contribution in [2.45, 2.75) is 52.0 Å². The molecule has 3 aromatic rings. The lowest BCUT2D eigenvalue weighted by Gasteiger charge is -2.36. The third-order valence-electron chi connectivity index (χ3n) is 8.20. The van der Waals surface area contributed by atoms with Crippen molar-refractivity contribution in [3.05, 3.63) is 36.2 Å². The van der Waals surface area contributed by atoms with Gasteiger partial charge in [-0.2, -0.15) is 9.97 Å². The lowest BCUT2D eigenvalue weighted by atomic mass is 9.85. The van der Waals surface area contributed by atoms with Crippen LogP contribution < -0.4 is 10.2 Å². The number of anilines is 2. The van der Waals surface area contributed by atoms with Crippen molar-refractivity contribution in [1.82, 2.24) is 24.4 Å². The smallest absolute Gasteiger partial charge is 0.320 e. The third kappa shape index (κ3) is 8.23. The van der Waals surface area contributed by atoms with E-state index in [0.717, 1.165) is 25.7 Å². The number of alkyl halides is 2. The molecule has 244 valence electrons. The van der Waals surface area contributed by atoms with Crippen LogP contribution in [0.4, 0.5) is 20.5 Å². The van der Waals surface area contributed by atoms with Gasteiger partial charge in [0.05, 0.1) is 50.6 Å². The number of carbonyl (C=O) groups is 2. The monoisotopic (exact) mass is 629 g/mol. The number of para-hydroxylation sites is 2. The second-order valence-electron chi connectivity index (χ2n) is 11.2. The molecule has 1 saturated heterocycles. The van der Waals surface area contributed by atoms with Crippen LogP contribution in [0.5, 0.6) is 0 Å². The maximum atomic E-state index is 14.2. The largest absolute Gasteiger partial charge is 0.465 e. The number of carbonyl (C=O) groups excluding carboxylic acids is 2. The van der Waals surface area contributed by atoms with Crippen LogP contribution in [0.3, 0.4) is 0 Å². The first-order valence-electron chi connectivity index (χ1n) is 15.6. The summed E-state index contributed by atoms with van der Waals surface area (Å²) >= 11 is 0. The van der Waals surface area contributed by atoms with Crippen LogP contribution in [0.25, 0.3) is 16.9 Å². The highest BCUT2D eigenvalue weighted by atomic mass is 19.3. The Morgan fingerprint density at radius 2 is 1.62 bits per heavy atom. The van der Waals surface area contributed by atoms with Gasteiger partial charge in [0.25, 0.3) is 6.43 Å². The molecule has 3 heterocycles. The summed E-state index contributed by atoms with van der Waals surface area (Å²) in [6.07, 6.45) is 0.515. The fourth-order valence-corrected chi connectivity index (χ4v) is 6.01. The van der Waals surface area contributed by atoms with Gasteiger partial charge in [0.1, 0.15) is 11.6 Å². The molecular formula is C31H41F2N7O5. The Morgan fingerprint density at radius 1 is 0.978 bits per heavy atom. The van der Waals surface area contributed by atoms with Gasteiger partial charge in [-0.05, 0) is 57.6 Å². The number of ether oxygens (including phenoxy) is 3. The van der Waals surface area contributed by atoms with E-state index in [9.17, 15) is 18.4 Å². The summed E-state index contributed by atoms with van der Waals surface area (Å²) in [5, 5.41) is 3.37. The minimum Gasteiger partial charge on any atom is -0.465 e. The van der Waals surface area contributed by atoms with E-state index in [1.54, 1.807) is 44.2 Å². The molecule has 45 heavy (non-hydrogen) atoms. The molecule has 12 nitrogen and oxygen atoms in total. The Kier molecular flexibility index (Phi) is 11.1. The van der Waals surface area contributed by atoms with Crippen molar-refractivity contribution in [2.75, 3.05) is 69.4 Å². The predicted octanol–water partition coefficient (Wildman–Crippen LogP) is 3.99. The molecule has 0 amide bonds. The van der Waals surface area contributed by atoms with Crippen LogP contribution in [0.1, 0.15) is 51.8 Å². The van der Waals surface area contributed by atoms with E-state index in [4.69, 9.17) is 24.2 Å². The number of morpholine rings is 1. The van der Waals surface area contributed by atoms with Gasteiger partial charge in [0.2, 0.25) is 5.95 Å². The normalized spacial score (nSPS) is 18.8. The number of hydrogen-bond acceptors (Lipinski definition) is 11. The summed E-state index contributed by atoms with van der Waals surface area (Å²) in [6.45, 7) is 7.07. The third-order valence-corrected chi connectivity index (χ3v) is 8.20. The summed E-state index contributed by atoms with van der Waals surface area (Å²) in [5.74, 6) is 0.482. The lowest BCUT2D eigenvalue weighted by Crippen LogP contribution is -2.45. The fraction of sp³-hybridized carbons (Fsp3) is 0.581. The molecule has 1 N–H and O–H groups in total. The van der Waals surface area contributed by atoms with Crippen molar-refractivity contribution in [1.29, 1.82) is 0 Å². The van der Waals surface area contributed by atoms with Crippen LogP contribution in [0, 0.1) is 5.92 Å². The van der Waals surface area contributed by atoms with Gasteiger partial charge < -0.3 is 24.4 Å². The molecular weight excluding hydrogens is 588 g/mol. The predicted molar refractivity (Wildman–Crippen MR) is 164 cm³/mol. The van der Waals surface area contributed by atoms with Crippen LogP contribution >= 0.6 is 0 Å². The number of hydrogen-bond donors (Lipinski definition) is 1. The van der Waals surface area contributed by atoms with E-state index < -0.39 is 6.43 Å². The van der Waals surface area contributed by atoms with Gasteiger partial charge in [0.15, 0.2) is 5.82 Å². The Morgan fingerprint density at radius 3 is 2.27 bits per heavy atom. The lowest BCUT2D eigenvalue weighted by molar-refractivity contribution is -0.149. The molecule has 1 saturated carbocycles. The number of fused-ring (bicyclic) bond motifs is 1. The number of rotatable bonds is 13. The molecule has 2 fully saturated rings. The zero-order valence-corrected chi connectivity index (χ0v) is 25.8. The standard InChI is InChI=1S/C31H41F2N7O5/c1-3-44-27(41)19-39(20-28(42)45-4-2)22-11-9-21(10-12-22)18-34-31-36-25(38-13-15-43-16-14-38)17-26(37-31)40-24-8-6-5-7-23(24)35-30(40)29(32)33/h5-8,17,21-22,29H,3-4,9-16,18-20H2,1-2H3,(H,34,36,37). The highest BCUT2D eigenvalue weighted by molar-refractivity contribution is 5.78. The van der Waals surface area contributed by atoms with Gasteiger partial charge in [-0.1, -0.05) is 12.1 Å². The van der Waals surface area contributed by atoms with E-state index in [-0.39, 0.29) is 56.0 Å². The van der Waals surface area contributed by atoms with Crippen molar-refractivity contribution in [2.24, 2.45) is 5.92 Å². The molecule has 0 atom stereocenters. The summed E-state index contributed by atoms with van der Waals surface area (Å²) in [5.41, 5.74) is 1.00. The van der Waals surface area contributed by atoms with E-state index in [2.05, 4.69) is 15.2 Å². The highest BCUT2D eigenvalue weighted by Crippen LogP contribution is 2.31.